The van der Waals surface area contributed by atoms with Crippen molar-refractivity contribution >= 4 is 56.0 Å². The molecule has 1 unspecified atom stereocenters. The van der Waals surface area contributed by atoms with Crippen LogP contribution in [0.1, 0.15) is 18.4 Å². The molecule has 2 fully saturated rings. The first kappa shape index (κ1) is 19.1. The van der Waals surface area contributed by atoms with E-state index in [1.54, 1.807) is 6.08 Å². The van der Waals surface area contributed by atoms with Crippen molar-refractivity contribution in [2.45, 2.75) is 18.9 Å². The van der Waals surface area contributed by atoms with Gasteiger partial charge in [-0.25, -0.2) is 8.42 Å². The molecule has 1 aromatic carbocycles. The van der Waals surface area contributed by atoms with E-state index in [2.05, 4.69) is 5.32 Å². The number of nitrogens with one attached hydrogen (secondary N) is 1. The lowest BCUT2D eigenvalue weighted by Gasteiger charge is -2.15. The average molecular weight is 411 g/mol. The summed E-state index contributed by atoms with van der Waals surface area (Å²) in [6.45, 7) is 0.183. The maximum atomic E-state index is 12.5. The van der Waals surface area contributed by atoms with Gasteiger partial charge in [-0.2, -0.15) is 0 Å². The highest BCUT2D eigenvalue weighted by atomic mass is 32.2. The van der Waals surface area contributed by atoms with Gasteiger partial charge in [0.2, 0.25) is 5.91 Å². The van der Waals surface area contributed by atoms with Gasteiger partial charge in [-0.3, -0.25) is 14.5 Å². The minimum Gasteiger partial charge on any atom is -0.352 e. The smallest absolute Gasteiger partial charge is 0.266 e. The first-order valence-electron chi connectivity index (χ1n) is 8.14. The van der Waals surface area contributed by atoms with E-state index >= 15 is 0 Å². The van der Waals surface area contributed by atoms with E-state index in [0.29, 0.717) is 15.6 Å². The predicted octanol–water partition coefficient (Wildman–Crippen LogP) is 1.58. The first-order valence-corrected chi connectivity index (χ1v) is 11.2. The number of benzene rings is 1. The number of carbonyl (C=O) groups is 2. The van der Waals surface area contributed by atoms with Crippen LogP contribution in [0.2, 0.25) is 0 Å². The average Bonchev–Trinajstić information content (AvgIpc) is 3.06. The number of nitrogens with zero attached hydrogens (tertiary/aromatic N) is 1. The molecule has 0 aromatic heterocycles. The summed E-state index contributed by atoms with van der Waals surface area (Å²) in [4.78, 5) is 26.5. The van der Waals surface area contributed by atoms with Crippen LogP contribution in [0.5, 0.6) is 0 Å². The molecule has 0 radical (unpaired) electrons. The quantitative estimate of drug-likeness (QED) is 0.586. The van der Waals surface area contributed by atoms with E-state index in [4.69, 9.17) is 12.2 Å². The second-order valence-electron chi connectivity index (χ2n) is 6.16. The molecular weight excluding hydrogens is 392 g/mol. The van der Waals surface area contributed by atoms with Gasteiger partial charge in [0.15, 0.2) is 9.84 Å². The fourth-order valence-corrected chi connectivity index (χ4v) is 5.80. The van der Waals surface area contributed by atoms with E-state index in [0.717, 1.165) is 5.56 Å². The third kappa shape index (κ3) is 4.72. The number of thiocarbonyl (C=S) groups is 1. The SMILES string of the molecule is O=C(CCN1C(=O)/C(=C\c2ccccc2)SC1=S)NC1CCS(=O)(=O)C1. The lowest BCUT2D eigenvalue weighted by molar-refractivity contribution is -0.124. The van der Waals surface area contributed by atoms with E-state index in [-0.39, 0.29) is 42.3 Å². The minimum atomic E-state index is -3.04. The Hall–Kier alpha value is -1.71. The Morgan fingerprint density at radius 1 is 1.35 bits per heavy atom. The molecule has 26 heavy (non-hydrogen) atoms. The number of carbonyl (C=O) groups excluding carboxylic acids is 2. The molecule has 6 nitrogen and oxygen atoms in total. The zero-order valence-corrected chi connectivity index (χ0v) is 16.3. The normalized spacial score (nSPS) is 23.6. The Morgan fingerprint density at radius 2 is 2.08 bits per heavy atom. The Labute approximate surface area is 161 Å². The van der Waals surface area contributed by atoms with Crippen molar-refractivity contribution in [3.63, 3.8) is 0 Å². The molecule has 3 rings (SSSR count). The summed E-state index contributed by atoms with van der Waals surface area (Å²) in [5.41, 5.74) is 0.910. The highest BCUT2D eigenvalue weighted by Gasteiger charge is 2.33. The van der Waals surface area contributed by atoms with Crippen LogP contribution in [-0.2, 0) is 19.4 Å². The first-order chi connectivity index (χ1) is 12.3. The van der Waals surface area contributed by atoms with Crippen LogP contribution in [0, 0.1) is 0 Å². The van der Waals surface area contributed by atoms with Gasteiger partial charge in [0, 0.05) is 19.0 Å². The highest BCUT2D eigenvalue weighted by molar-refractivity contribution is 8.26. The monoisotopic (exact) mass is 410 g/mol. The van der Waals surface area contributed by atoms with Crippen molar-refractivity contribution in [2.24, 2.45) is 0 Å². The van der Waals surface area contributed by atoms with Crippen molar-refractivity contribution in [2.75, 3.05) is 18.1 Å². The van der Waals surface area contributed by atoms with Gasteiger partial charge >= 0.3 is 0 Å². The Morgan fingerprint density at radius 3 is 2.73 bits per heavy atom. The standard InChI is InChI=1S/C17H18N2O4S3/c20-15(18-13-7-9-26(22,23)11-13)6-8-19-16(21)14(25-17(19)24)10-12-4-2-1-3-5-12/h1-5,10,13H,6-9,11H2,(H,18,20)/b14-10+. The fourth-order valence-electron chi connectivity index (χ4n) is 2.82. The molecule has 0 aliphatic carbocycles. The van der Waals surface area contributed by atoms with Gasteiger partial charge in [-0.15, -0.1) is 0 Å². The Kier molecular flexibility index (Phi) is 5.79. The zero-order valence-electron chi connectivity index (χ0n) is 13.9. The summed E-state index contributed by atoms with van der Waals surface area (Å²) in [5.74, 6) is -0.385. The van der Waals surface area contributed by atoms with E-state index in [1.807, 2.05) is 30.3 Å². The Balaban J connectivity index is 1.55. The zero-order chi connectivity index (χ0) is 18.7. The molecule has 9 heteroatoms. The van der Waals surface area contributed by atoms with Crippen LogP contribution in [-0.4, -0.2) is 53.5 Å². The van der Waals surface area contributed by atoms with Crippen LogP contribution in [0.3, 0.4) is 0 Å². The highest BCUT2D eigenvalue weighted by Crippen LogP contribution is 2.32. The van der Waals surface area contributed by atoms with Crippen molar-refractivity contribution in [3.8, 4) is 0 Å². The van der Waals surface area contributed by atoms with E-state index < -0.39 is 9.84 Å². The van der Waals surface area contributed by atoms with Crippen LogP contribution in [0.25, 0.3) is 6.08 Å². The van der Waals surface area contributed by atoms with Gasteiger partial charge in [0.1, 0.15) is 4.32 Å². The number of amides is 2. The lowest BCUT2D eigenvalue weighted by atomic mass is 10.2. The van der Waals surface area contributed by atoms with Crippen LogP contribution < -0.4 is 5.32 Å². The molecule has 2 heterocycles. The molecule has 0 bridgehead atoms. The summed E-state index contributed by atoms with van der Waals surface area (Å²) < 4.78 is 23.3. The summed E-state index contributed by atoms with van der Waals surface area (Å²) in [5, 5.41) is 2.72. The molecule has 1 N–H and O–H groups in total. The molecule has 138 valence electrons. The summed E-state index contributed by atoms with van der Waals surface area (Å²) >= 11 is 6.47. The molecule has 2 aliphatic rings. The molecule has 2 saturated heterocycles. The predicted molar refractivity (Wildman–Crippen MR) is 106 cm³/mol. The number of sulfone groups is 1. The minimum absolute atomic E-state index is 0.0143. The largest absolute Gasteiger partial charge is 0.352 e. The van der Waals surface area contributed by atoms with Gasteiger partial charge in [0.05, 0.1) is 16.4 Å². The fraction of sp³-hybridized carbons (Fsp3) is 0.353. The number of rotatable bonds is 5. The molecule has 1 aromatic rings. The molecular formula is C17H18N2O4S3. The molecule has 1 atom stereocenters. The van der Waals surface area contributed by atoms with Crippen molar-refractivity contribution in [1.29, 1.82) is 0 Å². The van der Waals surface area contributed by atoms with Crippen molar-refractivity contribution in [1.82, 2.24) is 10.2 Å². The Bertz CT molecular complexity index is 865. The second-order valence-corrected chi connectivity index (χ2v) is 10.1. The van der Waals surface area contributed by atoms with Crippen LogP contribution in [0.15, 0.2) is 35.2 Å². The topological polar surface area (TPSA) is 83.6 Å². The van der Waals surface area contributed by atoms with Crippen LogP contribution in [0.4, 0.5) is 0 Å². The van der Waals surface area contributed by atoms with E-state index in [1.165, 1.54) is 16.7 Å². The van der Waals surface area contributed by atoms with Gasteiger partial charge < -0.3 is 5.32 Å². The molecule has 2 aliphatic heterocycles. The van der Waals surface area contributed by atoms with Gasteiger partial charge in [-0.1, -0.05) is 54.3 Å². The van der Waals surface area contributed by atoms with Crippen molar-refractivity contribution < 1.29 is 18.0 Å². The van der Waals surface area contributed by atoms with Crippen LogP contribution >= 0.6 is 24.0 Å². The summed E-state index contributed by atoms with van der Waals surface area (Å²) in [6, 6.07) is 9.14. The third-order valence-corrected chi connectivity index (χ3v) is 7.28. The summed E-state index contributed by atoms with van der Waals surface area (Å²) in [6.07, 6.45) is 2.30. The van der Waals surface area contributed by atoms with E-state index in [9.17, 15) is 18.0 Å². The van der Waals surface area contributed by atoms with Gasteiger partial charge in [0.25, 0.3) is 5.91 Å². The number of hydrogen-bond donors (Lipinski definition) is 1. The molecule has 0 saturated carbocycles. The summed E-state index contributed by atoms with van der Waals surface area (Å²) in [7, 11) is -3.04. The van der Waals surface area contributed by atoms with Crippen molar-refractivity contribution in [3.05, 3.63) is 40.8 Å². The second kappa shape index (κ2) is 7.89. The van der Waals surface area contributed by atoms with Gasteiger partial charge in [-0.05, 0) is 18.1 Å². The molecule has 0 spiro atoms. The maximum Gasteiger partial charge on any atom is 0.266 e. The number of hydrogen-bond acceptors (Lipinski definition) is 6. The third-order valence-electron chi connectivity index (χ3n) is 4.13. The lowest BCUT2D eigenvalue weighted by Crippen LogP contribution is -2.38. The number of thioether (sulfide) groups is 1. The maximum absolute atomic E-state index is 12.5. The molecule has 2 amide bonds.